The average Bonchev–Trinajstić information content (AvgIpc) is 2.62. The van der Waals surface area contributed by atoms with Crippen molar-refractivity contribution in [1.29, 1.82) is 0 Å². The van der Waals surface area contributed by atoms with Gasteiger partial charge in [-0.2, -0.15) is 0 Å². The van der Waals surface area contributed by atoms with Crippen LogP contribution in [0.1, 0.15) is 20.3 Å². The van der Waals surface area contributed by atoms with Crippen LogP contribution >= 0.6 is 0 Å². The Bertz CT molecular complexity index is 196. The number of hydrogen-bond acceptors (Lipinski definition) is 3. The number of aliphatic hydroxyl groups excluding tert-OH is 1. The molecule has 3 heteroatoms. The molecule has 0 aromatic carbocycles. The van der Waals surface area contributed by atoms with Crippen molar-refractivity contribution in [2.45, 2.75) is 32.4 Å². The highest BCUT2D eigenvalue weighted by Gasteiger charge is 2.42. The zero-order chi connectivity index (χ0) is 10.1. The fraction of sp³-hybridized carbons (Fsp3) is 1.00. The Morgan fingerprint density at radius 1 is 1.21 bits per heavy atom. The first-order valence-electron chi connectivity index (χ1n) is 5.79. The highest BCUT2D eigenvalue weighted by Crippen LogP contribution is 2.30. The topological polar surface area (TPSA) is 26.7 Å². The van der Waals surface area contributed by atoms with E-state index >= 15 is 0 Å². The fourth-order valence-corrected chi connectivity index (χ4v) is 2.93. The highest BCUT2D eigenvalue weighted by atomic mass is 16.3. The van der Waals surface area contributed by atoms with Crippen LogP contribution in [0.3, 0.4) is 0 Å². The van der Waals surface area contributed by atoms with E-state index in [0.29, 0.717) is 6.61 Å². The van der Waals surface area contributed by atoms with Gasteiger partial charge in [-0.1, -0.05) is 13.8 Å². The number of nitrogens with zero attached hydrogens (tertiary/aromatic N) is 2. The van der Waals surface area contributed by atoms with E-state index in [1.807, 2.05) is 0 Å². The molecule has 82 valence electrons. The summed E-state index contributed by atoms with van der Waals surface area (Å²) in [6, 6.07) is 1.50. The summed E-state index contributed by atoms with van der Waals surface area (Å²) in [5.74, 6) is 0.778. The Labute approximate surface area is 86.7 Å². The molecule has 2 heterocycles. The molecular formula is C11H22N2O. The molecule has 0 aromatic heterocycles. The van der Waals surface area contributed by atoms with Crippen LogP contribution in [0.4, 0.5) is 0 Å². The Balaban J connectivity index is 1.84. The van der Waals surface area contributed by atoms with Gasteiger partial charge in [-0.15, -0.1) is 0 Å². The van der Waals surface area contributed by atoms with Gasteiger partial charge in [0.15, 0.2) is 0 Å². The number of rotatable bonds is 4. The third-order valence-corrected chi connectivity index (χ3v) is 3.45. The number of piperazine rings is 1. The molecular weight excluding hydrogens is 176 g/mol. The van der Waals surface area contributed by atoms with E-state index in [4.69, 9.17) is 5.11 Å². The van der Waals surface area contributed by atoms with Crippen molar-refractivity contribution in [3.8, 4) is 0 Å². The minimum absolute atomic E-state index is 0.313. The second kappa shape index (κ2) is 4.17. The minimum atomic E-state index is 0.313. The molecule has 2 aliphatic rings. The van der Waals surface area contributed by atoms with Gasteiger partial charge in [-0.25, -0.2) is 0 Å². The minimum Gasteiger partial charge on any atom is -0.395 e. The number of likely N-dealkylation sites (tertiary alicyclic amines) is 2. The van der Waals surface area contributed by atoms with Crippen molar-refractivity contribution in [3.05, 3.63) is 0 Å². The van der Waals surface area contributed by atoms with Crippen molar-refractivity contribution >= 4 is 0 Å². The van der Waals surface area contributed by atoms with Crippen LogP contribution in [-0.4, -0.2) is 59.8 Å². The van der Waals surface area contributed by atoms with Gasteiger partial charge in [0.1, 0.15) is 0 Å². The molecule has 1 N–H and O–H groups in total. The van der Waals surface area contributed by atoms with E-state index < -0.39 is 0 Å². The molecule has 0 amide bonds. The van der Waals surface area contributed by atoms with Crippen LogP contribution in [0.5, 0.6) is 0 Å². The molecule has 0 aliphatic carbocycles. The lowest BCUT2D eigenvalue weighted by atomic mass is 10.2. The predicted molar refractivity (Wildman–Crippen MR) is 57.3 cm³/mol. The fourth-order valence-electron chi connectivity index (χ4n) is 2.93. The maximum atomic E-state index is 8.91. The van der Waals surface area contributed by atoms with Gasteiger partial charge in [0.2, 0.25) is 0 Å². The largest absolute Gasteiger partial charge is 0.395 e. The second-order valence-electron chi connectivity index (χ2n) is 5.11. The number of β-amino-alcohol motifs (C(OH)–C–C–N with tert-alkyl or cyclic N) is 1. The Hall–Kier alpha value is -0.120. The summed E-state index contributed by atoms with van der Waals surface area (Å²) in [5.41, 5.74) is 0. The lowest BCUT2D eigenvalue weighted by Gasteiger charge is -2.34. The van der Waals surface area contributed by atoms with Crippen molar-refractivity contribution in [1.82, 2.24) is 9.80 Å². The van der Waals surface area contributed by atoms with Crippen LogP contribution < -0.4 is 0 Å². The molecule has 2 atom stereocenters. The van der Waals surface area contributed by atoms with Gasteiger partial charge in [0.05, 0.1) is 6.61 Å². The monoisotopic (exact) mass is 198 g/mol. The first-order chi connectivity index (χ1) is 6.70. The van der Waals surface area contributed by atoms with E-state index in [9.17, 15) is 0 Å². The normalized spacial score (nSPS) is 33.4. The van der Waals surface area contributed by atoms with Gasteiger partial charge < -0.3 is 5.11 Å². The number of aliphatic hydroxyl groups is 1. The van der Waals surface area contributed by atoms with Crippen LogP contribution in [0.2, 0.25) is 0 Å². The summed E-state index contributed by atoms with van der Waals surface area (Å²) >= 11 is 0. The maximum absolute atomic E-state index is 8.91. The Kier molecular flexibility index (Phi) is 3.10. The van der Waals surface area contributed by atoms with Crippen molar-refractivity contribution in [2.75, 3.05) is 32.8 Å². The molecule has 2 bridgehead atoms. The number of fused-ring (bicyclic) bond motifs is 2. The molecule has 2 aliphatic heterocycles. The molecule has 2 fully saturated rings. The lowest BCUT2D eigenvalue weighted by molar-refractivity contribution is 0.102. The molecule has 0 spiro atoms. The van der Waals surface area contributed by atoms with Gasteiger partial charge in [0, 0.05) is 38.3 Å². The maximum Gasteiger partial charge on any atom is 0.0558 e. The Morgan fingerprint density at radius 2 is 1.86 bits per heavy atom. The second-order valence-corrected chi connectivity index (χ2v) is 5.11. The van der Waals surface area contributed by atoms with Gasteiger partial charge in [-0.3, -0.25) is 9.80 Å². The SMILES string of the molecule is CC(C)CN1C[C@H]2C[C@@H]1CN2CCO. The molecule has 0 saturated carbocycles. The summed E-state index contributed by atoms with van der Waals surface area (Å²) in [5, 5.41) is 8.91. The van der Waals surface area contributed by atoms with Gasteiger partial charge in [-0.05, 0) is 12.3 Å². The van der Waals surface area contributed by atoms with Crippen LogP contribution in [0, 0.1) is 5.92 Å². The van der Waals surface area contributed by atoms with Gasteiger partial charge >= 0.3 is 0 Å². The van der Waals surface area contributed by atoms with Crippen molar-refractivity contribution in [3.63, 3.8) is 0 Å². The van der Waals surface area contributed by atoms with Gasteiger partial charge in [0.25, 0.3) is 0 Å². The summed E-state index contributed by atoms with van der Waals surface area (Å²) in [4.78, 5) is 5.07. The first kappa shape index (κ1) is 10.4. The molecule has 2 saturated heterocycles. The van der Waals surface area contributed by atoms with E-state index in [1.165, 1.54) is 26.1 Å². The molecule has 14 heavy (non-hydrogen) atoms. The molecule has 0 aromatic rings. The van der Waals surface area contributed by atoms with Crippen LogP contribution in [-0.2, 0) is 0 Å². The standard InChI is InChI=1S/C11H22N2O/c1-9(2)6-13-8-10-5-11(13)7-12(10)3-4-14/h9-11,14H,3-8H2,1-2H3/t10-,11-/m1/s1. The molecule has 0 unspecified atom stereocenters. The van der Waals surface area contributed by atoms with Crippen LogP contribution in [0.15, 0.2) is 0 Å². The zero-order valence-corrected chi connectivity index (χ0v) is 9.32. The lowest BCUT2D eigenvalue weighted by Crippen LogP contribution is -2.48. The Morgan fingerprint density at radius 3 is 2.36 bits per heavy atom. The summed E-state index contributed by atoms with van der Waals surface area (Å²) in [6.45, 7) is 9.41. The van der Waals surface area contributed by atoms with E-state index in [1.54, 1.807) is 0 Å². The summed E-state index contributed by atoms with van der Waals surface area (Å²) in [7, 11) is 0. The third kappa shape index (κ3) is 1.95. The van der Waals surface area contributed by atoms with Crippen molar-refractivity contribution in [2.24, 2.45) is 5.92 Å². The predicted octanol–water partition coefficient (Wildman–Crippen LogP) is 0.393. The first-order valence-corrected chi connectivity index (χ1v) is 5.79. The van der Waals surface area contributed by atoms with E-state index in [0.717, 1.165) is 24.5 Å². The molecule has 2 rings (SSSR count). The van der Waals surface area contributed by atoms with E-state index in [2.05, 4.69) is 23.6 Å². The quantitative estimate of drug-likeness (QED) is 0.708. The number of hydrogen-bond donors (Lipinski definition) is 1. The summed E-state index contributed by atoms with van der Waals surface area (Å²) < 4.78 is 0. The smallest absolute Gasteiger partial charge is 0.0558 e. The highest BCUT2D eigenvalue weighted by molar-refractivity contribution is 4.99. The average molecular weight is 198 g/mol. The van der Waals surface area contributed by atoms with E-state index in [-0.39, 0.29) is 0 Å². The van der Waals surface area contributed by atoms with Crippen molar-refractivity contribution < 1.29 is 5.11 Å². The zero-order valence-electron chi connectivity index (χ0n) is 9.32. The van der Waals surface area contributed by atoms with Crippen LogP contribution in [0.25, 0.3) is 0 Å². The third-order valence-electron chi connectivity index (χ3n) is 3.45. The summed E-state index contributed by atoms with van der Waals surface area (Å²) in [6.07, 6.45) is 1.33. The molecule has 0 radical (unpaired) electrons. The molecule has 3 nitrogen and oxygen atoms in total.